The van der Waals surface area contributed by atoms with Crippen molar-refractivity contribution in [2.45, 2.75) is 58.0 Å². The Morgan fingerprint density at radius 3 is 2.50 bits per heavy atom. The minimum atomic E-state index is 0. The van der Waals surface area contributed by atoms with Crippen LogP contribution >= 0.6 is 35.3 Å². The first kappa shape index (κ1) is 23.8. The molecule has 0 radical (unpaired) electrons. The quantitative estimate of drug-likeness (QED) is 0.343. The molecule has 0 spiro atoms. The Morgan fingerprint density at radius 2 is 1.89 bits per heavy atom. The highest BCUT2D eigenvalue weighted by Crippen LogP contribution is 2.30. The number of hydrogen-bond donors (Lipinski definition) is 2. The first-order valence-corrected chi connectivity index (χ1v) is 11.3. The van der Waals surface area contributed by atoms with Gasteiger partial charge < -0.3 is 15.5 Å². The Bertz CT molecular complexity index is 606. The first-order chi connectivity index (χ1) is 13.1. The van der Waals surface area contributed by atoms with Crippen LogP contribution in [0, 0.1) is 6.92 Å². The van der Waals surface area contributed by atoms with E-state index in [1.807, 2.05) is 6.20 Å². The summed E-state index contributed by atoms with van der Waals surface area (Å²) in [4.78, 5) is 15.7. The minimum absolute atomic E-state index is 0. The molecular weight excluding hydrogens is 483 g/mol. The van der Waals surface area contributed by atoms with Crippen molar-refractivity contribution in [1.82, 2.24) is 25.4 Å². The van der Waals surface area contributed by atoms with Crippen molar-refractivity contribution in [3.63, 3.8) is 0 Å². The molecular formula is C20H37IN6S. The highest BCUT2D eigenvalue weighted by Gasteiger charge is 2.39. The van der Waals surface area contributed by atoms with E-state index < -0.39 is 0 Å². The van der Waals surface area contributed by atoms with E-state index in [0.29, 0.717) is 6.54 Å². The summed E-state index contributed by atoms with van der Waals surface area (Å²) in [7, 11) is 2.25. The smallest absolute Gasteiger partial charge is 0.191 e. The summed E-state index contributed by atoms with van der Waals surface area (Å²) in [5, 5.41) is 8.17. The zero-order chi connectivity index (χ0) is 19.1. The summed E-state index contributed by atoms with van der Waals surface area (Å²) in [6.45, 7) is 11.6. The molecule has 2 fully saturated rings. The third kappa shape index (κ3) is 6.53. The number of likely N-dealkylation sites (tertiary alicyclic amines) is 2. The van der Waals surface area contributed by atoms with Gasteiger partial charge in [-0.1, -0.05) is 6.42 Å². The van der Waals surface area contributed by atoms with Crippen molar-refractivity contribution in [2.75, 3.05) is 46.3 Å². The molecule has 0 unspecified atom stereocenters. The fourth-order valence-electron chi connectivity index (χ4n) is 4.22. The molecule has 0 aromatic carbocycles. The van der Waals surface area contributed by atoms with Crippen LogP contribution in [0.15, 0.2) is 11.2 Å². The molecule has 2 N–H and O–H groups in total. The van der Waals surface area contributed by atoms with Crippen molar-refractivity contribution >= 4 is 41.3 Å². The fraction of sp³-hybridized carbons (Fsp3) is 0.800. The summed E-state index contributed by atoms with van der Waals surface area (Å²) in [5.74, 6) is 0.917. The van der Waals surface area contributed by atoms with Crippen molar-refractivity contribution in [2.24, 2.45) is 4.99 Å². The Morgan fingerprint density at radius 1 is 1.18 bits per heavy atom. The van der Waals surface area contributed by atoms with Gasteiger partial charge >= 0.3 is 0 Å². The van der Waals surface area contributed by atoms with Gasteiger partial charge in [0, 0.05) is 29.7 Å². The number of aromatic nitrogens is 1. The molecule has 3 heterocycles. The summed E-state index contributed by atoms with van der Waals surface area (Å²) >= 11 is 1.73. The highest BCUT2D eigenvalue weighted by molar-refractivity contribution is 14.0. The second kappa shape index (κ2) is 11.7. The molecule has 0 saturated carbocycles. The molecule has 2 aliphatic rings. The van der Waals surface area contributed by atoms with Crippen LogP contribution in [0.3, 0.4) is 0 Å². The molecule has 160 valence electrons. The van der Waals surface area contributed by atoms with E-state index in [4.69, 9.17) is 4.99 Å². The average Bonchev–Trinajstić information content (AvgIpc) is 3.11. The predicted molar refractivity (Wildman–Crippen MR) is 130 cm³/mol. The van der Waals surface area contributed by atoms with Crippen LogP contribution in [-0.2, 0) is 6.54 Å². The van der Waals surface area contributed by atoms with E-state index in [9.17, 15) is 0 Å². The van der Waals surface area contributed by atoms with Gasteiger partial charge in [-0.25, -0.2) is 9.98 Å². The topological polar surface area (TPSA) is 55.8 Å². The molecule has 2 aliphatic heterocycles. The number of guanidine groups is 1. The standard InChI is InChI=1S/C20H36N6S.HI/c1-4-21-19(23-15-18-22-14-17(2)27-18)24-16-20(8-12-25(3)13-9-20)26-10-6-5-7-11-26;/h14H,4-13,15-16H2,1-3H3,(H2,21,23,24);1H. The molecule has 2 saturated heterocycles. The number of nitrogens with zero attached hydrogens (tertiary/aromatic N) is 4. The number of halogens is 1. The molecule has 3 rings (SSSR count). The van der Waals surface area contributed by atoms with Gasteiger partial charge in [-0.2, -0.15) is 0 Å². The van der Waals surface area contributed by atoms with Crippen LogP contribution in [0.1, 0.15) is 48.9 Å². The van der Waals surface area contributed by atoms with E-state index in [1.165, 1.54) is 63.2 Å². The van der Waals surface area contributed by atoms with Gasteiger partial charge in [0.25, 0.3) is 0 Å². The number of rotatable bonds is 6. The van der Waals surface area contributed by atoms with Crippen molar-refractivity contribution < 1.29 is 0 Å². The van der Waals surface area contributed by atoms with Crippen molar-refractivity contribution in [3.05, 3.63) is 16.1 Å². The second-order valence-electron chi connectivity index (χ2n) is 7.99. The number of aliphatic imine (C=N–C) groups is 1. The van der Waals surface area contributed by atoms with Crippen LogP contribution in [0.5, 0.6) is 0 Å². The van der Waals surface area contributed by atoms with Gasteiger partial charge in [-0.05, 0) is 72.8 Å². The maximum absolute atomic E-state index is 4.79. The van der Waals surface area contributed by atoms with Gasteiger partial charge in [-0.15, -0.1) is 35.3 Å². The fourth-order valence-corrected chi connectivity index (χ4v) is 4.93. The summed E-state index contributed by atoms with van der Waals surface area (Å²) in [6.07, 6.45) is 8.48. The van der Waals surface area contributed by atoms with Crippen LogP contribution < -0.4 is 10.6 Å². The maximum atomic E-state index is 4.79. The van der Waals surface area contributed by atoms with E-state index in [2.05, 4.69) is 46.3 Å². The summed E-state index contributed by atoms with van der Waals surface area (Å²) < 4.78 is 0. The number of aryl methyl sites for hydroxylation is 1. The molecule has 0 bridgehead atoms. The second-order valence-corrected chi connectivity index (χ2v) is 9.31. The van der Waals surface area contributed by atoms with Gasteiger partial charge in [0.15, 0.2) is 5.96 Å². The molecule has 0 atom stereocenters. The van der Waals surface area contributed by atoms with Crippen LogP contribution in [0.2, 0.25) is 0 Å². The Kier molecular flexibility index (Phi) is 9.92. The molecule has 28 heavy (non-hydrogen) atoms. The van der Waals surface area contributed by atoms with Crippen LogP contribution in [-0.4, -0.2) is 72.6 Å². The lowest BCUT2D eigenvalue weighted by Crippen LogP contribution is -2.62. The Balaban J connectivity index is 0.00000280. The largest absolute Gasteiger partial charge is 0.357 e. The zero-order valence-corrected chi connectivity index (χ0v) is 20.8. The summed E-state index contributed by atoms with van der Waals surface area (Å²) in [5.41, 5.74) is 0.265. The average molecular weight is 521 g/mol. The zero-order valence-electron chi connectivity index (χ0n) is 17.7. The lowest BCUT2D eigenvalue weighted by molar-refractivity contribution is 0.0173. The molecule has 1 aromatic heterocycles. The van der Waals surface area contributed by atoms with Gasteiger partial charge in [0.1, 0.15) is 5.01 Å². The van der Waals surface area contributed by atoms with Crippen molar-refractivity contribution in [3.8, 4) is 0 Å². The molecule has 0 aliphatic carbocycles. The lowest BCUT2D eigenvalue weighted by atomic mass is 9.84. The summed E-state index contributed by atoms with van der Waals surface area (Å²) in [6, 6.07) is 0. The predicted octanol–water partition coefficient (Wildman–Crippen LogP) is 3.07. The lowest BCUT2D eigenvalue weighted by Gasteiger charge is -2.50. The van der Waals surface area contributed by atoms with Crippen LogP contribution in [0.25, 0.3) is 0 Å². The molecule has 6 nitrogen and oxygen atoms in total. The molecule has 1 aromatic rings. The van der Waals surface area contributed by atoms with Gasteiger partial charge in [0.05, 0.1) is 6.54 Å². The number of piperidine rings is 2. The third-order valence-electron chi connectivity index (χ3n) is 5.92. The van der Waals surface area contributed by atoms with E-state index >= 15 is 0 Å². The number of hydrogen-bond acceptors (Lipinski definition) is 5. The highest BCUT2D eigenvalue weighted by atomic mass is 127. The monoisotopic (exact) mass is 520 g/mol. The number of nitrogens with one attached hydrogen (secondary N) is 2. The first-order valence-electron chi connectivity index (χ1n) is 10.5. The van der Waals surface area contributed by atoms with Gasteiger partial charge in [-0.3, -0.25) is 4.90 Å². The van der Waals surface area contributed by atoms with E-state index in [1.54, 1.807) is 11.3 Å². The molecule has 8 heteroatoms. The van der Waals surface area contributed by atoms with Crippen LogP contribution in [0.4, 0.5) is 0 Å². The van der Waals surface area contributed by atoms with E-state index in [0.717, 1.165) is 24.1 Å². The minimum Gasteiger partial charge on any atom is -0.357 e. The molecule has 0 amide bonds. The maximum Gasteiger partial charge on any atom is 0.191 e. The third-order valence-corrected chi connectivity index (χ3v) is 6.81. The normalized spacial score (nSPS) is 21.2. The Hall–Kier alpha value is -0.450. The van der Waals surface area contributed by atoms with Gasteiger partial charge in [0.2, 0.25) is 0 Å². The SMILES string of the molecule is CCNC(=NCc1ncc(C)s1)NCC1(N2CCCCC2)CCN(C)CC1.I. The number of thiazole rings is 1. The van der Waals surface area contributed by atoms with E-state index in [-0.39, 0.29) is 29.5 Å². The van der Waals surface area contributed by atoms with Crippen molar-refractivity contribution in [1.29, 1.82) is 0 Å². The Labute approximate surface area is 191 Å².